The summed E-state index contributed by atoms with van der Waals surface area (Å²) in [4.78, 5) is 24.2. The molecule has 0 aromatic heterocycles. The van der Waals surface area contributed by atoms with Gasteiger partial charge in [0.15, 0.2) is 0 Å². The Morgan fingerprint density at radius 3 is 2.27 bits per heavy atom. The Bertz CT molecular complexity index is 2030. The molecule has 0 radical (unpaired) electrons. The molecule has 5 aromatic carbocycles. The van der Waals surface area contributed by atoms with Crippen molar-refractivity contribution in [2.24, 2.45) is 4.99 Å². The number of hydrogen-bond acceptors (Lipinski definition) is 5. The molecule has 2 heterocycles. The van der Waals surface area contributed by atoms with Gasteiger partial charge in [0.25, 0.3) is 5.91 Å². The first-order valence-electron chi connectivity index (χ1n) is 16.8. The van der Waals surface area contributed by atoms with E-state index in [0.29, 0.717) is 12.2 Å². The summed E-state index contributed by atoms with van der Waals surface area (Å²) in [6, 6.07) is 32.8. The topological polar surface area (TPSA) is 48.4 Å². The summed E-state index contributed by atoms with van der Waals surface area (Å²) in [5.41, 5.74) is 8.20. The molecule has 8 rings (SSSR count). The predicted molar refractivity (Wildman–Crippen MR) is 191 cm³/mol. The zero-order chi connectivity index (χ0) is 32.8. The quantitative estimate of drug-likeness (QED) is 0.156. The van der Waals surface area contributed by atoms with Crippen molar-refractivity contribution in [1.82, 2.24) is 4.90 Å². The fraction of sp³-hybridized carbons (Fsp3) is 0.268. The van der Waals surface area contributed by atoms with Gasteiger partial charge in [0.1, 0.15) is 11.6 Å². The van der Waals surface area contributed by atoms with Crippen LogP contribution in [0.15, 0.2) is 102 Å². The van der Waals surface area contributed by atoms with Crippen LogP contribution >= 0.6 is 0 Å². The second kappa shape index (κ2) is 12.2. The predicted octanol–water partition coefficient (Wildman–Crippen LogP) is 7.60. The van der Waals surface area contributed by atoms with E-state index in [4.69, 9.17) is 4.74 Å². The third-order valence-corrected chi connectivity index (χ3v) is 10.5. The molecular formula is C41H39FN4O2. The lowest BCUT2D eigenvalue weighted by Crippen LogP contribution is -2.50. The molecule has 0 atom stereocenters. The highest BCUT2D eigenvalue weighted by atomic mass is 19.1. The number of carbonyl (C=O) groups excluding carboxylic acids is 1. The minimum absolute atomic E-state index is 0.0495. The molecule has 2 fully saturated rings. The number of nitrogens with zero attached hydrogens (tertiary/aromatic N) is 4. The molecule has 48 heavy (non-hydrogen) atoms. The van der Waals surface area contributed by atoms with Crippen LogP contribution in [0, 0.1) is 5.82 Å². The lowest BCUT2D eigenvalue weighted by molar-refractivity contribution is 0.0991. The second-order valence-corrected chi connectivity index (χ2v) is 13.2. The van der Waals surface area contributed by atoms with Crippen LogP contribution in [0.3, 0.4) is 0 Å². The van der Waals surface area contributed by atoms with Gasteiger partial charge in [-0.2, -0.15) is 0 Å². The van der Waals surface area contributed by atoms with Crippen LogP contribution in [-0.2, 0) is 18.5 Å². The summed E-state index contributed by atoms with van der Waals surface area (Å²) in [6.45, 7) is 3.96. The van der Waals surface area contributed by atoms with Crippen LogP contribution in [0.25, 0.3) is 10.8 Å². The Balaban J connectivity index is 0.966. The Hall–Kier alpha value is -5.01. The van der Waals surface area contributed by atoms with Gasteiger partial charge < -0.3 is 14.5 Å². The van der Waals surface area contributed by atoms with Gasteiger partial charge in [-0.25, -0.2) is 4.39 Å². The SMILES string of the molecule is C/N=C/c1ccc(N2CCN(C3(c4ccc(Cc5ccc6c7c(cccc57)C(=O)N6Cc5ccc(OC)cc5)cc4)CC3)CC2)c(F)c1. The standard InChI is InChI=1S/C41H39FN4O2/c1-43-26-30-10-16-37(36(42)25-30)44-20-22-45(23-21-44)41(18-19-41)32-12-6-28(7-13-32)24-31-11-17-38-39-34(31)4-3-5-35(39)40(47)46(38)27-29-8-14-33(48-2)15-9-29/h3-17,25-26H,18-24,27H2,1-2H3/b43-26+. The number of anilines is 2. The molecule has 0 N–H and O–H groups in total. The third kappa shape index (κ3) is 5.32. The number of carbonyl (C=O) groups is 1. The highest BCUT2D eigenvalue weighted by Crippen LogP contribution is 2.51. The maximum absolute atomic E-state index is 14.9. The van der Waals surface area contributed by atoms with Crippen LogP contribution in [-0.4, -0.2) is 57.4 Å². The van der Waals surface area contributed by atoms with E-state index in [1.54, 1.807) is 26.4 Å². The summed E-state index contributed by atoms with van der Waals surface area (Å²) in [5.74, 6) is 0.669. The summed E-state index contributed by atoms with van der Waals surface area (Å²) < 4.78 is 20.2. The van der Waals surface area contributed by atoms with Gasteiger partial charge in [-0.3, -0.25) is 14.7 Å². The number of halogens is 1. The van der Waals surface area contributed by atoms with Crippen molar-refractivity contribution in [3.8, 4) is 5.75 Å². The van der Waals surface area contributed by atoms with Crippen molar-refractivity contribution >= 4 is 34.3 Å². The van der Waals surface area contributed by atoms with Crippen LogP contribution in [0.5, 0.6) is 5.75 Å². The maximum Gasteiger partial charge on any atom is 0.259 e. The van der Waals surface area contributed by atoms with E-state index in [2.05, 4.69) is 57.3 Å². The number of piperazine rings is 1. The molecule has 1 saturated carbocycles. The van der Waals surface area contributed by atoms with E-state index in [1.807, 2.05) is 53.4 Å². The number of benzene rings is 5. The van der Waals surface area contributed by atoms with Crippen LogP contribution in [0.2, 0.25) is 0 Å². The molecule has 7 heteroatoms. The lowest BCUT2D eigenvalue weighted by Gasteiger charge is -2.41. The molecule has 0 unspecified atom stereocenters. The number of methoxy groups -OCH3 is 1. The smallest absolute Gasteiger partial charge is 0.259 e. The van der Waals surface area contributed by atoms with Crippen molar-refractivity contribution in [3.05, 3.63) is 136 Å². The number of amides is 1. The zero-order valence-electron chi connectivity index (χ0n) is 27.5. The Kier molecular flexibility index (Phi) is 7.72. The summed E-state index contributed by atoms with van der Waals surface area (Å²) in [7, 11) is 3.36. The Morgan fingerprint density at radius 1 is 0.854 bits per heavy atom. The molecule has 242 valence electrons. The fourth-order valence-electron chi connectivity index (χ4n) is 7.77. The van der Waals surface area contributed by atoms with Gasteiger partial charge in [-0.05, 0) is 88.9 Å². The van der Waals surface area contributed by atoms with Crippen molar-refractivity contribution in [1.29, 1.82) is 0 Å². The number of rotatable bonds is 9. The average molecular weight is 639 g/mol. The zero-order valence-corrected chi connectivity index (χ0v) is 27.5. The van der Waals surface area contributed by atoms with E-state index in [-0.39, 0.29) is 17.3 Å². The first kappa shape index (κ1) is 30.3. The Labute approximate surface area is 281 Å². The molecule has 5 aromatic rings. The highest BCUT2D eigenvalue weighted by molar-refractivity contribution is 6.25. The van der Waals surface area contributed by atoms with Crippen molar-refractivity contribution in [2.75, 3.05) is 50.1 Å². The molecule has 0 bridgehead atoms. The van der Waals surface area contributed by atoms with E-state index in [0.717, 1.165) is 84.3 Å². The summed E-state index contributed by atoms with van der Waals surface area (Å²) in [6.07, 6.45) is 4.79. The lowest BCUT2D eigenvalue weighted by atomic mass is 9.94. The summed E-state index contributed by atoms with van der Waals surface area (Å²) in [5, 5.41) is 2.19. The number of ether oxygens (including phenoxy) is 1. The minimum Gasteiger partial charge on any atom is -0.497 e. The van der Waals surface area contributed by atoms with Crippen molar-refractivity contribution in [2.45, 2.75) is 31.3 Å². The van der Waals surface area contributed by atoms with Gasteiger partial charge in [-0.15, -0.1) is 0 Å². The minimum atomic E-state index is -0.185. The number of hydrogen-bond donors (Lipinski definition) is 0. The molecule has 3 aliphatic rings. The van der Waals surface area contributed by atoms with Crippen molar-refractivity contribution < 1.29 is 13.9 Å². The highest BCUT2D eigenvalue weighted by Gasteiger charge is 2.49. The van der Waals surface area contributed by atoms with E-state index >= 15 is 0 Å². The van der Waals surface area contributed by atoms with Crippen LogP contribution in [0.1, 0.15) is 51.0 Å². The van der Waals surface area contributed by atoms with Gasteiger partial charge >= 0.3 is 0 Å². The van der Waals surface area contributed by atoms with Crippen LogP contribution in [0.4, 0.5) is 15.8 Å². The normalized spacial score (nSPS) is 17.1. The molecule has 2 aliphatic heterocycles. The monoisotopic (exact) mass is 638 g/mol. The fourth-order valence-corrected chi connectivity index (χ4v) is 7.77. The molecular weight excluding hydrogens is 599 g/mol. The summed E-state index contributed by atoms with van der Waals surface area (Å²) >= 11 is 0. The molecule has 1 amide bonds. The van der Waals surface area contributed by atoms with Gasteiger partial charge in [0.2, 0.25) is 0 Å². The molecule has 1 aliphatic carbocycles. The second-order valence-electron chi connectivity index (χ2n) is 13.2. The van der Waals surface area contributed by atoms with Crippen LogP contribution < -0.4 is 14.5 Å². The van der Waals surface area contributed by atoms with E-state index < -0.39 is 0 Å². The van der Waals surface area contributed by atoms with E-state index in [9.17, 15) is 9.18 Å². The van der Waals surface area contributed by atoms with Gasteiger partial charge in [0, 0.05) is 55.9 Å². The molecule has 6 nitrogen and oxygen atoms in total. The van der Waals surface area contributed by atoms with Gasteiger partial charge in [0.05, 0.1) is 25.0 Å². The molecule has 0 spiro atoms. The third-order valence-electron chi connectivity index (χ3n) is 10.5. The average Bonchev–Trinajstić information content (AvgIpc) is 3.89. The van der Waals surface area contributed by atoms with E-state index in [1.165, 1.54) is 16.7 Å². The van der Waals surface area contributed by atoms with Gasteiger partial charge in [-0.1, -0.05) is 60.7 Å². The van der Waals surface area contributed by atoms with Crippen molar-refractivity contribution in [3.63, 3.8) is 0 Å². The Morgan fingerprint density at radius 2 is 1.58 bits per heavy atom. The largest absolute Gasteiger partial charge is 0.497 e. The first-order chi connectivity index (χ1) is 23.5. The molecule has 1 saturated heterocycles. The maximum atomic E-state index is 14.9. The first-order valence-corrected chi connectivity index (χ1v) is 16.8. The number of aliphatic imine (C=N–C) groups is 1.